The molecule has 1 rings (SSSR count). The Morgan fingerprint density at radius 1 is 1.23 bits per heavy atom. The van der Waals surface area contributed by atoms with Gasteiger partial charge in [0.05, 0.1) is 0 Å². The van der Waals surface area contributed by atoms with Crippen LogP contribution in [0, 0.1) is 5.92 Å². The average molecular weight is 183 g/mol. The molecular weight excluding hydrogens is 158 g/mol. The lowest BCUT2D eigenvalue weighted by atomic mass is 9.96. The minimum atomic E-state index is 0.719. The average Bonchev–Trinajstić information content (AvgIpc) is 2.45. The number of likely N-dealkylation sites (tertiary alicyclic amines) is 1. The molecule has 0 amide bonds. The predicted octanol–water partition coefficient (Wildman–Crippen LogP) is 3.29. The lowest BCUT2D eigenvalue weighted by Gasteiger charge is -2.35. The molecule has 0 bridgehead atoms. The van der Waals surface area contributed by atoms with E-state index in [2.05, 4.69) is 39.5 Å². The second kappa shape index (κ2) is 4.45. The molecule has 0 spiro atoms. The van der Waals surface area contributed by atoms with Crippen LogP contribution in [0.1, 0.15) is 53.9 Å². The van der Waals surface area contributed by atoms with E-state index in [1.54, 1.807) is 0 Å². The van der Waals surface area contributed by atoms with E-state index in [9.17, 15) is 0 Å². The van der Waals surface area contributed by atoms with Crippen LogP contribution in [0.4, 0.5) is 0 Å². The van der Waals surface area contributed by atoms with Crippen molar-refractivity contribution in [2.24, 2.45) is 5.92 Å². The van der Waals surface area contributed by atoms with Gasteiger partial charge in [0.15, 0.2) is 0 Å². The Balaban J connectivity index is 2.64. The van der Waals surface area contributed by atoms with Crippen molar-refractivity contribution in [3.8, 4) is 0 Å². The predicted molar refractivity (Wildman–Crippen MR) is 58.9 cm³/mol. The summed E-state index contributed by atoms with van der Waals surface area (Å²) in [5.74, 6) is 0.868. The van der Waals surface area contributed by atoms with Crippen LogP contribution < -0.4 is 0 Å². The summed E-state index contributed by atoms with van der Waals surface area (Å²) in [6.45, 7) is 11.8. The van der Waals surface area contributed by atoms with Crippen molar-refractivity contribution in [2.75, 3.05) is 0 Å². The van der Waals surface area contributed by atoms with Crippen LogP contribution in [-0.4, -0.2) is 23.0 Å². The van der Waals surface area contributed by atoms with E-state index in [-0.39, 0.29) is 0 Å². The van der Waals surface area contributed by atoms with Gasteiger partial charge in [-0.3, -0.25) is 4.90 Å². The maximum atomic E-state index is 2.72. The van der Waals surface area contributed by atoms with Gasteiger partial charge in [-0.2, -0.15) is 0 Å². The summed E-state index contributed by atoms with van der Waals surface area (Å²) in [6.07, 6.45) is 4.13. The molecule has 1 nitrogen and oxygen atoms in total. The standard InChI is InChI=1S/C12H25N/c1-6-10(4)12-8-7-11(5)13(12)9(2)3/h9-12H,6-8H2,1-5H3/t10?,11?,12-/m0/s1. The number of hydrogen-bond acceptors (Lipinski definition) is 1. The first-order valence-electron chi connectivity index (χ1n) is 5.85. The zero-order valence-electron chi connectivity index (χ0n) is 9.88. The van der Waals surface area contributed by atoms with Gasteiger partial charge >= 0.3 is 0 Å². The van der Waals surface area contributed by atoms with E-state index >= 15 is 0 Å². The fourth-order valence-electron chi connectivity index (χ4n) is 2.78. The van der Waals surface area contributed by atoms with Crippen LogP contribution in [-0.2, 0) is 0 Å². The van der Waals surface area contributed by atoms with E-state index in [0.29, 0.717) is 0 Å². The summed E-state index contributed by atoms with van der Waals surface area (Å²) in [4.78, 5) is 2.72. The molecule has 0 aromatic heterocycles. The third-order valence-corrected chi connectivity index (χ3v) is 3.67. The van der Waals surface area contributed by atoms with Crippen molar-refractivity contribution >= 4 is 0 Å². The maximum Gasteiger partial charge on any atom is 0.0127 e. The van der Waals surface area contributed by atoms with E-state index in [4.69, 9.17) is 0 Å². The first kappa shape index (κ1) is 11.0. The van der Waals surface area contributed by atoms with E-state index in [1.807, 2.05) is 0 Å². The molecular formula is C12H25N. The minimum Gasteiger partial charge on any atom is -0.295 e. The van der Waals surface area contributed by atoms with E-state index in [1.165, 1.54) is 19.3 Å². The van der Waals surface area contributed by atoms with Crippen LogP contribution in [0.25, 0.3) is 0 Å². The molecule has 78 valence electrons. The molecule has 1 fully saturated rings. The molecule has 1 aliphatic rings. The molecule has 1 saturated heterocycles. The molecule has 1 heteroatoms. The molecule has 3 atom stereocenters. The van der Waals surface area contributed by atoms with Crippen molar-refractivity contribution in [1.29, 1.82) is 0 Å². The summed E-state index contributed by atoms with van der Waals surface area (Å²) in [6, 6.07) is 2.37. The maximum absolute atomic E-state index is 2.72. The first-order chi connectivity index (χ1) is 6.07. The lowest BCUT2D eigenvalue weighted by molar-refractivity contribution is 0.120. The van der Waals surface area contributed by atoms with Crippen molar-refractivity contribution in [1.82, 2.24) is 4.90 Å². The molecule has 1 aliphatic heterocycles. The van der Waals surface area contributed by atoms with Gasteiger partial charge in [-0.15, -0.1) is 0 Å². The van der Waals surface area contributed by atoms with Gasteiger partial charge < -0.3 is 0 Å². The highest BCUT2D eigenvalue weighted by atomic mass is 15.2. The number of hydrogen-bond donors (Lipinski definition) is 0. The summed E-state index contributed by atoms with van der Waals surface area (Å²) in [5, 5.41) is 0. The van der Waals surface area contributed by atoms with Gasteiger partial charge in [0.2, 0.25) is 0 Å². The highest BCUT2D eigenvalue weighted by Gasteiger charge is 2.34. The molecule has 0 N–H and O–H groups in total. The summed E-state index contributed by atoms with van der Waals surface area (Å²) >= 11 is 0. The highest BCUT2D eigenvalue weighted by Crippen LogP contribution is 2.31. The molecule has 1 heterocycles. The molecule has 0 aliphatic carbocycles. The molecule has 0 aromatic carbocycles. The Labute approximate surface area is 83.5 Å². The van der Waals surface area contributed by atoms with Crippen molar-refractivity contribution in [3.63, 3.8) is 0 Å². The zero-order chi connectivity index (χ0) is 10.0. The second-order valence-corrected chi connectivity index (χ2v) is 4.92. The summed E-state index contributed by atoms with van der Waals surface area (Å²) in [7, 11) is 0. The van der Waals surface area contributed by atoms with Crippen LogP contribution in [0.2, 0.25) is 0 Å². The number of nitrogens with zero attached hydrogens (tertiary/aromatic N) is 1. The second-order valence-electron chi connectivity index (χ2n) is 4.92. The first-order valence-corrected chi connectivity index (χ1v) is 5.85. The van der Waals surface area contributed by atoms with Crippen molar-refractivity contribution in [3.05, 3.63) is 0 Å². The molecule has 0 saturated carbocycles. The fourth-order valence-corrected chi connectivity index (χ4v) is 2.78. The Morgan fingerprint density at radius 3 is 2.31 bits per heavy atom. The SMILES string of the molecule is CCC(C)[C@@H]1CCC(C)N1C(C)C. The van der Waals surface area contributed by atoms with Crippen LogP contribution in [0.3, 0.4) is 0 Å². The van der Waals surface area contributed by atoms with E-state index < -0.39 is 0 Å². The summed E-state index contributed by atoms with van der Waals surface area (Å²) < 4.78 is 0. The highest BCUT2D eigenvalue weighted by molar-refractivity contribution is 4.89. The van der Waals surface area contributed by atoms with Crippen molar-refractivity contribution in [2.45, 2.75) is 72.0 Å². The van der Waals surface area contributed by atoms with Gasteiger partial charge in [-0.05, 0) is 39.5 Å². The Morgan fingerprint density at radius 2 is 1.85 bits per heavy atom. The Hall–Kier alpha value is -0.0400. The van der Waals surface area contributed by atoms with E-state index in [0.717, 1.165) is 24.0 Å². The van der Waals surface area contributed by atoms with Crippen molar-refractivity contribution < 1.29 is 0 Å². The fraction of sp³-hybridized carbons (Fsp3) is 1.00. The van der Waals surface area contributed by atoms with Gasteiger partial charge in [0.1, 0.15) is 0 Å². The Bertz CT molecular complexity index is 153. The van der Waals surface area contributed by atoms with Gasteiger partial charge in [-0.25, -0.2) is 0 Å². The van der Waals surface area contributed by atoms with Crippen LogP contribution in [0.15, 0.2) is 0 Å². The quantitative estimate of drug-likeness (QED) is 0.649. The molecule has 2 unspecified atom stereocenters. The third-order valence-electron chi connectivity index (χ3n) is 3.67. The Kier molecular flexibility index (Phi) is 3.78. The normalized spacial score (nSPS) is 32.8. The summed E-state index contributed by atoms with van der Waals surface area (Å²) in [5.41, 5.74) is 0. The molecule has 13 heavy (non-hydrogen) atoms. The van der Waals surface area contributed by atoms with Gasteiger partial charge in [0, 0.05) is 18.1 Å². The largest absolute Gasteiger partial charge is 0.295 e. The molecule has 0 radical (unpaired) electrons. The third kappa shape index (κ3) is 2.25. The van der Waals surface area contributed by atoms with Gasteiger partial charge in [-0.1, -0.05) is 20.3 Å². The topological polar surface area (TPSA) is 3.24 Å². The number of rotatable bonds is 3. The minimum absolute atomic E-state index is 0.719. The smallest absolute Gasteiger partial charge is 0.0127 e. The molecule has 0 aromatic rings. The van der Waals surface area contributed by atoms with Crippen LogP contribution >= 0.6 is 0 Å². The monoisotopic (exact) mass is 183 g/mol. The van der Waals surface area contributed by atoms with Gasteiger partial charge in [0.25, 0.3) is 0 Å². The van der Waals surface area contributed by atoms with Crippen LogP contribution in [0.5, 0.6) is 0 Å². The zero-order valence-corrected chi connectivity index (χ0v) is 9.88. The lowest BCUT2D eigenvalue weighted by Crippen LogP contribution is -2.42.